The van der Waals surface area contributed by atoms with Gasteiger partial charge in [0.1, 0.15) is 0 Å². The summed E-state index contributed by atoms with van der Waals surface area (Å²) in [7, 11) is 0. The smallest absolute Gasteiger partial charge is 0.0166 e. The molecule has 0 spiro atoms. The Bertz CT molecular complexity index is 218. The highest BCUT2D eigenvalue weighted by atomic mass is 15.1. The number of likely N-dealkylation sites (N-methyl/N-ethyl adjacent to an activating group) is 1. The first-order valence-electron chi connectivity index (χ1n) is 5.91. The van der Waals surface area contributed by atoms with Crippen molar-refractivity contribution in [2.45, 2.75) is 41.5 Å². The van der Waals surface area contributed by atoms with Crippen LogP contribution in [0.25, 0.3) is 0 Å². The van der Waals surface area contributed by atoms with Crippen molar-refractivity contribution in [3.63, 3.8) is 0 Å². The Hall–Kier alpha value is -0.560. The van der Waals surface area contributed by atoms with E-state index < -0.39 is 0 Å². The molecule has 0 atom stereocenters. The van der Waals surface area contributed by atoms with Crippen LogP contribution in [0.4, 0.5) is 0 Å². The average molecular weight is 209 g/mol. The Morgan fingerprint density at radius 2 is 1.87 bits per heavy atom. The molecular weight excluding hydrogens is 182 g/mol. The number of nitrogens with zero attached hydrogens (tertiary/aromatic N) is 1. The monoisotopic (exact) mass is 209 g/mol. The van der Waals surface area contributed by atoms with E-state index in [1.165, 1.54) is 5.57 Å². The molecule has 0 N–H and O–H groups in total. The fourth-order valence-corrected chi connectivity index (χ4v) is 1.46. The van der Waals surface area contributed by atoms with Gasteiger partial charge in [0.2, 0.25) is 0 Å². The van der Waals surface area contributed by atoms with Gasteiger partial charge in [-0.3, -0.25) is 4.90 Å². The first-order chi connectivity index (χ1) is 6.89. The molecule has 1 heteroatoms. The van der Waals surface area contributed by atoms with Gasteiger partial charge in [-0.25, -0.2) is 0 Å². The van der Waals surface area contributed by atoms with Crippen LogP contribution in [0.2, 0.25) is 0 Å². The van der Waals surface area contributed by atoms with E-state index in [1.807, 2.05) is 0 Å². The van der Waals surface area contributed by atoms with Gasteiger partial charge in [0.05, 0.1) is 0 Å². The van der Waals surface area contributed by atoms with Crippen molar-refractivity contribution < 1.29 is 0 Å². The highest BCUT2D eigenvalue weighted by Crippen LogP contribution is 2.14. The minimum absolute atomic E-state index is 0.388. The summed E-state index contributed by atoms with van der Waals surface area (Å²) >= 11 is 0. The van der Waals surface area contributed by atoms with Crippen LogP contribution in [0.5, 0.6) is 0 Å². The van der Waals surface area contributed by atoms with Gasteiger partial charge in [-0.2, -0.15) is 0 Å². The summed E-state index contributed by atoms with van der Waals surface area (Å²) in [6.07, 6.45) is 6.59. The van der Waals surface area contributed by atoms with Crippen molar-refractivity contribution in [3.05, 3.63) is 23.8 Å². The van der Waals surface area contributed by atoms with Gasteiger partial charge in [-0.05, 0) is 25.8 Å². The summed E-state index contributed by atoms with van der Waals surface area (Å²) in [6.45, 7) is 16.6. The zero-order valence-corrected chi connectivity index (χ0v) is 11.3. The molecule has 0 aliphatic heterocycles. The second-order valence-corrected chi connectivity index (χ2v) is 5.32. The van der Waals surface area contributed by atoms with Crippen LogP contribution in [0.3, 0.4) is 0 Å². The molecule has 15 heavy (non-hydrogen) atoms. The number of rotatable bonds is 5. The molecule has 0 saturated carbocycles. The van der Waals surface area contributed by atoms with Crippen molar-refractivity contribution in [3.8, 4) is 0 Å². The van der Waals surface area contributed by atoms with Gasteiger partial charge in [0.25, 0.3) is 0 Å². The van der Waals surface area contributed by atoms with Crippen LogP contribution in [0.1, 0.15) is 41.5 Å². The summed E-state index contributed by atoms with van der Waals surface area (Å²) in [4.78, 5) is 2.47. The molecule has 0 saturated heterocycles. The lowest BCUT2D eigenvalue weighted by atomic mass is 9.96. The molecule has 0 heterocycles. The lowest BCUT2D eigenvalue weighted by molar-refractivity contribution is 0.216. The average Bonchev–Trinajstić information content (AvgIpc) is 2.14. The van der Waals surface area contributed by atoms with Gasteiger partial charge >= 0.3 is 0 Å². The van der Waals surface area contributed by atoms with Crippen LogP contribution in [-0.4, -0.2) is 24.5 Å². The minimum Gasteiger partial charge on any atom is -0.299 e. The summed E-state index contributed by atoms with van der Waals surface area (Å²) in [6, 6.07) is 0. The Labute approximate surface area is 95.9 Å². The van der Waals surface area contributed by atoms with Crippen molar-refractivity contribution >= 4 is 0 Å². The second-order valence-electron chi connectivity index (χ2n) is 5.32. The Morgan fingerprint density at radius 1 is 1.27 bits per heavy atom. The molecule has 0 fully saturated rings. The van der Waals surface area contributed by atoms with Crippen LogP contribution in [-0.2, 0) is 0 Å². The highest BCUT2D eigenvalue weighted by molar-refractivity contribution is 5.14. The maximum absolute atomic E-state index is 2.47. The Balaban J connectivity index is 4.07. The van der Waals surface area contributed by atoms with E-state index in [9.17, 15) is 0 Å². The Kier molecular flexibility index (Phi) is 6.58. The van der Waals surface area contributed by atoms with Gasteiger partial charge in [0.15, 0.2) is 0 Å². The third-order valence-corrected chi connectivity index (χ3v) is 2.34. The number of hydrogen-bond donors (Lipinski definition) is 0. The zero-order valence-electron chi connectivity index (χ0n) is 11.3. The fraction of sp³-hybridized carbons (Fsp3) is 0.714. The maximum Gasteiger partial charge on any atom is 0.0166 e. The molecule has 0 aromatic rings. The van der Waals surface area contributed by atoms with Crippen molar-refractivity contribution in [1.29, 1.82) is 0 Å². The summed E-state index contributed by atoms with van der Waals surface area (Å²) in [5.74, 6) is 0. The van der Waals surface area contributed by atoms with E-state index in [2.05, 4.69) is 64.7 Å². The quantitative estimate of drug-likeness (QED) is 0.621. The summed E-state index contributed by atoms with van der Waals surface area (Å²) in [5.41, 5.74) is 1.72. The SMILES string of the molecule is C/C=C(C)\C=C\CN(CC)CC(C)(C)C. The van der Waals surface area contributed by atoms with E-state index >= 15 is 0 Å². The van der Waals surface area contributed by atoms with E-state index in [1.54, 1.807) is 0 Å². The zero-order chi connectivity index (χ0) is 11.9. The first kappa shape index (κ1) is 14.4. The molecule has 0 rings (SSSR count). The predicted molar refractivity (Wildman–Crippen MR) is 70.1 cm³/mol. The van der Waals surface area contributed by atoms with E-state index in [4.69, 9.17) is 0 Å². The summed E-state index contributed by atoms with van der Waals surface area (Å²) in [5, 5.41) is 0. The lowest BCUT2D eigenvalue weighted by Crippen LogP contribution is -2.32. The molecule has 0 aliphatic rings. The molecule has 0 aromatic heterocycles. The molecule has 0 radical (unpaired) electrons. The summed E-state index contributed by atoms with van der Waals surface area (Å²) < 4.78 is 0. The van der Waals surface area contributed by atoms with Crippen LogP contribution in [0, 0.1) is 5.41 Å². The topological polar surface area (TPSA) is 3.24 Å². The predicted octanol–water partition coefficient (Wildman–Crippen LogP) is 3.88. The van der Waals surface area contributed by atoms with Crippen LogP contribution in [0.15, 0.2) is 23.8 Å². The number of hydrogen-bond acceptors (Lipinski definition) is 1. The molecular formula is C14H27N. The lowest BCUT2D eigenvalue weighted by Gasteiger charge is -2.27. The van der Waals surface area contributed by atoms with Crippen LogP contribution >= 0.6 is 0 Å². The standard InChI is InChI=1S/C14H27N/c1-7-13(3)10-9-11-15(8-2)12-14(4,5)6/h7,9-10H,8,11-12H2,1-6H3/b10-9+,13-7-. The largest absolute Gasteiger partial charge is 0.299 e. The number of allylic oxidation sites excluding steroid dienone is 3. The Morgan fingerprint density at radius 3 is 2.27 bits per heavy atom. The molecule has 0 bridgehead atoms. The molecule has 1 nitrogen and oxygen atoms in total. The minimum atomic E-state index is 0.388. The van der Waals surface area contributed by atoms with Gasteiger partial charge in [-0.15, -0.1) is 0 Å². The van der Waals surface area contributed by atoms with Crippen molar-refractivity contribution in [1.82, 2.24) is 4.90 Å². The molecule has 0 aromatic carbocycles. The van der Waals surface area contributed by atoms with Gasteiger partial charge < -0.3 is 0 Å². The van der Waals surface area contributed by atoms with Gasteiger partial charge in [0, 0.05) is 13.1 Å². The first-order valence-corrected chi connectivity index (χ1v) is 5.91. The third-order valence-electron chi connectivity index (χ3n) is 2.34. The fourth-order valence-electron chi connectivity index (χ4n) is 1.46. The second kappa shape index (κ2) is 6.84. The molecule has 0 aliphatic carbocycles. The van der Waals surface area contributed by atoms with Crippen molar-refractivity contribution in [2.24, 2.45) is 5.41 Å². The van der Waals surface area contributed by atoms with E-state index in [-0.39, 0.29) is 0 Å². The molecule has 88 valence electrons. The molecule has 0 unspecified atom stereocenters. The van der Waals surface area contributed by atoms with Crippen molar-refractivity contribution in [2.75, 3.05) is 19.6 Å². The van der Waals surface area contributed by atoms with E-state index in [0.29, 0.717) is 5.41 Å². The highest BCUT2D eigenvalue weighted by Gasteiger charge is 2.13. The normalized spacial score (nSPS) is 14.2. The molecule has 0 amide bonds. The van der Waals surface area contributed by atoms with Gasteiger partial charge in [-0.1, -0.05) is 51.5 Å². The third kappa shape index (κ3) is 8.44. The maximum atomic E-state index is 2.47. The van der Waals surface area contributed by atoms with E-state index in [0.717, 1.165) is 19.6 Å². The van der Waals surface area contributed by atoms with Crippen LogP contribution < -0.4 is 0 Å².